The number of aryl methyl sites for hydroxylation is 1. The van der Waals surface area contributed by atoms with Gasteiger partial charge in [0.15, 0.2) is 0 Å². The molecule has 0 heterocycles. The first-order valence-electron chi connectivity index (χ1n) is 4.42. The van der Waals surface area contributed by atoms with Gasteiger partial charge < -0.3 is 9.84 Å². The van der Waals surface area contributed by atoms with Crippen molar-refractivity contribution in [2.24, 2.45) is 0 Å². The molecule has 0 aromatic heterocycles. The Morgan fingerprint density at radius 2 is 1.93 bits per heavy atom. The fraction of sp³-hybridized carbons (Fsp3) is 0.364. The van der Waals surface area contributed by atoms with Crippen molar-refractivity contribution in [3.8, 4) is 0 Å². The first kappa shape index (κ1) is 12.7. The van der Waals surface area contributed by atoms with E-state index >= 15 is 0 Å². The fourth-order valence-corrected chi connectivity index (χ4v) is 0.724. The second-order valence-electron chi connectivity index (χ2n) is 2.72. The van der Waals surface area contributed by atoms with Gasteiger partial charge in [-0.15, -0.1) is 0 Å². The molecule has 14 heavy (non-hydrogen) atoms. The summed E-state index contributed by atoms with van der Waals surface area (Å²) in [5.74, 6) is -0.353. The molecule has 1 aromatic rings. The summed E-state index contributed by atoms with van der Waals surface area (Å²) in [7, 11) is 0. The lowest BCUT2D eigenvalue weighted by Crippen LogP contribution is -2.03. The van der Waals surface area contributed by atoms with Crippen LogP contribution in [0.15, 0.2) is 30.3 Å². The lowest BCUT2D eigenvalue weighted by Gasteiger charge is -1.93. The molecular formula is C11H16O3. The van der Waals surface area contributed by atoms with Crippen molar-refractivity contribution < 1.29 is 14.6 Å². The minimum absolute atomic E-state index is 0.0976. The van der Waals surface area contributed by atoms with Crippen LogP contribution in [0.5, 0.6) is 0 Å². The molecule has 0 fully saturated rings. The van der Waals surface area contributed by atoms with Gasteiger partial charge in [0.2, 0.25) is 0 Å². The number of ether oxygens (including phenoxy) is 1. The first-order valence-corrected chi connectivity index (χ1v) is 4.42. The largest absolute Gasteiger partial charge is 0.463 e. The van der Waals surface area contributed by atoms with Crippen LogP contribution >= 0.6 is 0 Å². The average molecular weight is 196 g/mol. The van der Waals surface area contributed by atoms with Crippen LogP contribution in [0.4, 0.5) is 0 Å². The van der Waals surface area contributed by atoms with Crippen molar-refractivity contribution in [1.29, 1.82) is 0 Å². The van der Waals surface area contributed by atoms with E-state index in [0.717, 1.165) is 0 Å². The van der Waals surface area contributed by atoms with Crippen LogP contribution in [0.25, 0.3) is 0 Å². The topological polar surface area (TPSA) is 46.5 Å². The van der Waals surface area contributed by atoms with E-state index in [1.165, 1.54) is 12.5 Å². The first-order chi connectivity index (χ1) is 6.66. The Kier molecular flexibility index (Phi) is 7.46. The van der Waals surface area contributed by atoms with E-state index in [1.54, 1.807) is 0 Å². The lowest BCUT2D eigenvalue weighted by atomic mass is 10.2. The molecule has 0 unspecified atom stereocenters. The van der Waals surface area contributed by atoms with Gasteiger partial charge in [-0.2, -0.15) is 0 Å². The number of hydrogen-bond acceptors (Lipinski definition) is 3. The summed E-state index contributed by atoms with van der Waals surface area (Å²) >= 11 is 0. The van der Waals surface area contributed by atoms with E-state index in [-0.39, 0.29) is 19.2 Å². The smallest absolute Gasteiger partial charge is 0.302 e. The van der Waals surface area contributed by atoms with Crippen LogP contribution in [0.3, 0.4) is 0 Å². The van der Waals surface area contributed by atoms with Gasteiger partial charge in [-0.05, 0) is 6.92 Å². The maximum absolute atomic E-state index is 9.87. The van der Waals surface area contributed by atoms with Crippen LogP contribution in [0.1, 0.15) is 12.5 Å². The molecule has 0 aliphatic heterocycles. The van der Waals surface area contributed by atoms with Crippen molar-refractivity contribution in [1.82, 2.24) is 0 Å². The number of aliphatic hydroxyl groups excluding tert-OH is 1. The molecule has 0 spiro atoms. The summed E-state index contributed by atoms with van der Waals surface area (Å²) in [6.07, 6.45) is 0. The molecule has 0 saturated heterocycles. The lowest BCUT2D eigenvalue weighted by molar-refractivity contribution is -0.141. The summed E-state index contributed by atoms with van der Waals surface area (Å²) in [6.45, 7) is 3.39. The molecule has 3 heteroatoms. The SMILES string of the molecule is CC(=O)OCCO.Cc1ccccc1. The van der Waals surface area contributed by atoms with E-state index in [1.807, 2.05) is 18.2 Å². The number of benzene rings is 1. The Bertz CT molecular complexity index is 244. The van der Waals surface area contributed by atoms with Gasteiger partial charge in [-0.3, -0.25) is 4.79 Å². The van der Waals surface area contributed by atoms with Gasteiger partial charge in [0.05, 0.1) is 6.61 Å². The third kappa shape index (κ3) is 8.74. The van der Waals surface area contributed by atoms with E-state index < -0.39 is 0 Å². The fourth-order valence-electron chi connectivity index (χ4n) is 0.724. The predicted octanol–water partition coefficient (Wildman–Crippen LogP) is 1.54. The second kappa shape index (κ2) is 8.26. The number of esters is 1. The predicted molar refractivity (Wildman–Crippen MR) is 54.9 cm³/mol. The second-order valence-corrected chi connectivity index (χ2v) is 2.72. The highest BCUT2D eigenvalue weighted by Crippen LogP contribution is 1.92. The van der Waals surface area contributed by atoms with Crippen LogP contribution in [0, 0.1) is 6.92 Å². The summed E-state index contributed by atoms with van der Waals surface area (Å²) < 4.78 is 4.30. The maximum atomic E-state index is 9.87. The van der Waals surface area contributed by atoms with Crippen LogP contribution in [-0.2, 0) is 9.53 Å². The molecule has 0 aliphatic rings. The molecular weight excluding hydrogens is 180 g/mol. The monoisotopic (exact) mass is 196 g/mol. The molecule has 1 rings (SSSR count). The van der Waals surface area contributed by atoms with Crippen molar-refractivity contribution in [3.05, 3.63) is 35.9 Å². The van der Waals surface area contributed by atoms with Crippen molar-refractivity contribution in [3.63, 3.8) is 0 Å². The molecule has 0 atom stereocenters. The van der Waals surface area contributed by atoms with E-state index in [0.29, 0.717) is 0 Å². The Labute approximate surface area is 84.3 Å². The van der Waals surface area contributed by atoms with Gasteiger partial charge in [-0.25, -0.2) is 0 Å². The highest BCUT2D eigenvalue weighted by atomic mass is 16.5. The third-order valence-corrected chi connectivity index (χ3v) is 1.34. The maximum Gasteiger partial charge on any atom is 0.302 e. The zero-order valence-corrected chi connectivity index (χ0v) is 8.56. The Morgan fingerprint density at radius 3 is 2.14 bits per heavy atom. The zero-order chi connectivity index (χ0) is 10.8. The van der Waals surface area contributed by atoms with E-state index in [9.17, 15) is 4.79 Å². The number of hydrogen-bond donors (Lipinski definition) is 1. The molecule has 3 nitrogen and oxygen atoms in total. The number of carbonyl (C=O) groups is 1. The van der Waals surface area contributed by atoms with E-state index in [2.05, 4.69) is 23.8 Å². The van der Waals surface area contributed by atoms with E-state index in [4.69, 9.17) is 5.11 Å². The van der Waals surface area contributed by atoms with Gasteiger partial charge in [0.1, 0.15) is 6.61 Å². The Hall–Kier alpha value is -1.35. The molecule has 0 aliphatic carbocycles. The van der Waals surface area contributed by atoms with Crippen LogP contribution in [-0.4, -0.2) is 24.3 Å². The highest BCUT2D eigenvalue weighted by molar-refractivity contribution is 5.65. The van der Waals surface area contributed by atoms with Gasteiger partial charge in [0.25, 0.3) is 0 Å². The van der Waals surface area contributed by atoms with Gasteiger partial charge in [0, 0.05) is 6.92 Å². The summed E-state index contributed by atoms with van der Waals surface area (Å²) in [6, 6.07) is 10.3. The van der Waals surface area contributed by atoms with Crippen molar-refractivity contribution in [2.75, 3.05) is 13.2 Å². The standard InChI is InChI=1S/C7H8.C4H8O3/c1-7-5-3-2-4-6-7;1-4(6)7-3-2-5/h2-6H,1H3;5H,2-3H2,1H3. The zero-order valence-electron chi connectivity index (χ0n) is 8.56. The van der Waals surface area contributed by atoms with Crippen LogP contribution < -0.4 is 0 Å². The third-order valence-electron chi connectivity index (χ3n) is 1.34. The summed E-state index contributed by atoms with van der Waals surface area (Å²) in [5.41, 5.74) is 1.32. The quantitative estimate of drug-likeness (QED) is 0.730. The molecule has 0 bridgehead atoms. The average Bonchev–Trinajstić information content (AvgIpc) is 2.17. The number of carbonyl (C=O) groups excluding carboxylic acids is 1. The summed E-state index contributed by atoms with van der Waals surface area (Å²) in [4.78, 5) is 9.87. The molecule has 1 N–H and O–H groups in total. The van der Waals surface area contributed by atoms with Crippen molar-refractivity contribution >= 4 is 5.97 Å². The van der Waals surface area contributed by atoms with Gasteiger partial charge >= 0.3 is 5.97 Å². The minimum atomic E-state index is -0.353. The van der Waals surface area contributed by atoms with Crippen molar-refractivity contribution in [2.45, 2.75) is 13.8 Å². The van der Waals surface area contributed by atoms with Crippen LogP contribution in [0.2, 0.25) is 0 Å². The van der Waals surface area contributed by atoms with Gasteiger partial charge in [-0.1, -0.05) is 35.9 Å². The minimum Gasteiger partial charge on any atom is -0.463 e. The summed E-state index contributed by atoms with van der Waals surface area (Å²) in [5, 5.41) is 8.04. The highest BCUT2D eigenvalue weighted by Gasteiger charge is 1.86. The molecule has 78 valence electrons. The number of rotatable bonds is 2. The molecule has 0 radical (unpaired) electrons. The molecule has 1 aromatic carbocycles. The Balaban J connectivity index is 0.000000241. The molecule has 0 saturated carbocycles. The number of aliphatic hydroxyl groups is 1. The Morgan fingerprint density at radius 1 is 1.36 bits per heavy atom. The molecule has 0 amide bonds. The normalized spacial score (nSPS) is 8.50.